The first kappa shape index (κ1) is 36.0. The van der Waals surface area contributed by atoms with Crippen LogP contribution >= 0.6 is 0 Å². The number of carbonyl (C=O) groups is 3. The summed E-state index contributed by atoms with van der Waals surface area (Å²) < 4.78 is 13.9. The van der Waals surface area contributed by atoms with Crippen molar-refractivity contribution >= 4 is 17.9 Å². The molecule has 0 unspecified atom stereocenters. The number of aliphatic hydroxyl groups excluding tert-OH is 7. The molecule has 13 heteroatoms. The Morgan fingerprint density at radius 3 is 1.46 bits per heavy atom. The molecule has 2 aliphatic heterocycles. The summed E-state index contributed by atoms with van der Waals surface area (Å²) >= 11 is 0. The van der Waals surface area contributed by atoms with Gasteiger partial charge in [0.1, 0.15) is 18.8 Å². The fourth-order valence-electron chi connectivity index (χ4n) is 4.17. The van der Waals surface area contributed by atoms with Gasteiger partial charge in [-0.2, -0.15) is 0 Å². The highest BCUT2D eigenvalue weighted by Crippen LogP contribution is 2.22. The average Bonchev–Trinajstić information content (AvgIpc) is 3.38. The summed E-state index contributed by atoms with van der Waals surface area (Å²) in [5.74, 6) is -5.99. The Bertz CT molecular complexity index is 882. The number of hydrogen-bond acceptors (Lipinski definition) is 13. The molecule has 0 aromatic carbocycles. The van der Waals surface area contributed by atoms with Gasteiger partial charge in [0.15, 0.2) is 23.7 Å². The molecular formula is C28H46O13. The van der Waals surface area contributed by atoms with E-state index in [9.17, 15) is 29.7 Å². The molecule has 2 rings (SSSR count). The Morgan fingerprint density at radius 2 is 1.10 bits per heavy atom. The second kappa shape index (κ2) is 19.9. The predicted octanol–water partition coefficient (Wildman–Crippen LogP) is 3.22. The van der Waals surface area contributed by atoms with Crippen LogP contribution in [0.25, 0.3) is 0 Å². The van der Waals surface area contributed by atoms with Crippen molar-refractivity contribution in [1.82, 2.24) is 0 Å². The molecule has 2 heterocycles. The van der Waals surface area contributed by atoms with Crippen LogP contribution < -0.4 is 0 Å². The molecule has 0 aliphatic carbocycles. The highest BCUT2D eigenvalue weighted by Gasteiger charge is 2.40. The van der Waals surface area contributed by atoms with E-state index in [1.807, 2.05) is 0 Å². The normalized spacial score (nSPS) is 19.9. The smallest absolute Gasteiger partial charge is 0.377 e. The standard InChI is InChI=1S/C22H38O7.C6H8O6/c1-2-3-4-5-6-7-8-9-10-11-12-13-14-15-18(24)28-16-17(23)21-19(25)20(26)22(27)29-21;7-1-2(8)5-3(9)4(10)6(11)12-5/h17,21,23,25-26H,2-16H2,1H3;2,5,7-10H,1H2/t17-,21+;2-,5+/m00/s1. The molecule has 0 saturated heterocycles. The summed E-state index contributed by atoms with van der Waals surface area (Å²) in [6.07, 6.45) is 10.6. The third-order valence-corrected chi connectivity index (χ3v) is 6.66. The highest BCUT2D eigenvalue weighted by molar-refractivity contribution is 5.89. The first-order valence-electron chi connectivity index (χ1n) is 14.3. The fraction of sp³-hybridized carbons (Fsp3) is 0.750. The van der Waals surface area contributed by atoms with E-state index >= 15 is 0 Å². The summed E-state index contributed by atoms with van der Waals surface area (Å²) in [6.45, 7) is 1.16. The molecule has 41 heavy (non-hydrogen) atoms. The summed E-state index contributed by atoms with van der Waals surface area (Å²) in [5, 5.41) is 63.5. The van der Waals surface area contributed by atoms with Gasteiger partial charge in [0.25, 0.3) is 0 Å². The van der Waals surface area contributed by atoms with Gasteiger partial charge in [-0.25, -0.2) is 9.59 Å². The minimum absolute atomic E-state index is 0.266. The Kier molecular flexibility index (Phi) is 17.5. The lowest BCUT2D eigenvalue weighted by Gasteiger charge is -2.17. The van der Waals surface area contributed by atoms with Gasteiger partial charge >= 0.3 is 17.9 Å². The largest absolute Gasteiger partial charge is 0.505 e. The van der Waals surface area contributed by atoms with E-state index < -0.39 is 78.6 Å². The Morgan fingerprint density at radius 1 is 0.707 bits per heavy atom. The lowest BCUT2D eigenvalue weighted by molar-refractivity contribution is -0.154. The molecule has 0 amide bonds. The lowest BCUT2D eigenvalue weighted by atomic mass is 10.0. The molecule has 0 bridgehead atoms. The van der Waals surface area contributed by atoms with Crippen LogP contribution in [-0.4, -0.2) is 91.3 Å². The molecule has 0 fully saturated rings. The highest BCUT2D eigenvalue weighted by atomic mass is 16.6. The van der Waals surface area contributed by atoms with Crippen molar-refractivity contribution in [3.63, 3.8) is 0 Å². The van der Waals surface area contributed by atoms with Gasteiger partial charge in [-0.1, -0.05) is 84.0 Å². The summed E-state index contributed by atoms with van der Waals surface area (Å²) in [6, 6.07) is 0. The van der Waals surface area contributed by atoms with Gasteiger partial charge in [-0.05, 0) is 6.42 Å². The maximum absolute atomic E-state index is 11.7. The predicted molar refractivity (Wildman–Crippen MR) is 145 cm³/mol. The summed E-state index contributed by atoms with van der Waals surface area (Å²) in [7, 11) is 0. The van der Waals surface area contributed by atoms with E-state index in [2.05, 4.69) is 16.4 Å². The van der Waals surface area contributed by atoms with Crippen molar-refractivity contribution in [3.05, 3.63) is 23.0 Å². The number of carbonyl (C=O) groups excluding carboxylic acids is 3. The Labute approximate surface area is 240 Å². The molecule has 4 atom stereocenters. The number of rotatable bonds is 19. The number of cyclic esters (lactones) is 2. The zero-order valence-electron chi connectivity index (χ0n) is 23.7. The van der Waals surface area contributed by atoms with Crippen LogP contribution in [0.4, 0.5) is 0 Å². The first-order chi connectivity index (χ1) is 19.5. The summed E-state index contributed by atoms with van der Waals surface area (Å²) in [5.41, 5.74) is 0. The van der Waals surface area contributed by atoms with Crippen LogP contribution in [-0.2, 0) is 28.6 Å². The van der Waals surface area contributed by atoms with Crippen LogP contribution in [0.3, 0.4) is 0 Å². The van der Waals surface area contributed by atoms with Crippen molar-refractivity contribution in [2.24, 2.45) is 0 Å². The van der Waals surface area contributed by atoms with Gasteiger partial charge in [0.2, 0.25) is 11.5 Å². The van der Waals surface area contributed by atoms with Gasteiger partial charge in [0, 0.05) is 6.42 Å². The molecule has 0 aromatic rings. The van der Waals surface area contributed by atoms with Gasteiger partial charge < -0.3 is 50.0 Å². The van der Waals surface area contributed by atoms with Crippen molar-refractivity contribution in [3.8, 4) is 0 Å². The molecule has 236 valence electrons. The van der Waals surface area contributed by atoms with E-state index in [-0.39, 0.29) is 6.42 Å². The SMILES string of the molecule is CCCCCCCCCCCCCCCC(=O)OC[C@H](O)[C@H]1OC(=O)C(O)=C1O.O=C1O[C@H]([C@@H](O)CO)C(O)=C1O. The van der Waals surface area contributed by atoms with Crippen molar-refractivity contribution in [1.29, 1.82) is 0 Å². The van der Waals surface area contributed by atoms with E-state index in [0.29, 0.717) is 0 Å². The van der Waals surface area contributed by atoms with Crippen LogP contribution in [0.5, 0.6) is 0 Å². The number of esters is 3. The molecule has 13 nitrogen and oxygen atoms in total. The van der Waals surface area contributed by atoms with Crippen molar-refractivity contribution in [2.45, 2.75) is 121 Å². The summed E-state index contributed by atoms with van der Waals surface area (Å²) in [4.78, 5) is 33.3. The van der Waals surface area contributed by atoms with E-state index in [1.165, 1.54) is 64.2 Å². The molecular weight excluding hydrogens is 544 g/mol. The lowest BCUT2D eigenvalue weighted by Crippen LogP contribution is -2.33. The van der Waals surface area contributed by atoms with Crippen molar-refractivity contribution < 1.29 is 64.3 Å². The van der Waals surface area contributed by atoms with Crippen LogP contribution in [0.1, 0.15) is 96.8 Å². The first-order valence-corrected chi connectivity index (χ1v) is 14.3. The van der Waals surface area contributed by atoms with Crippen LogP contribution in [0.15, 0.2) is 23.0 Å². The second-order valence-corrected chi connectivity index (χ2v) is 10.1. The van der Waals surface area contributed by atoms with Crippen LogP contribution in [0.2, 0.25) is 0 Å². The van der Waals surface area contributed by atoms with Gasteiger partial charge in [-0.15, -0.1) is 0 Å². The monoisotopic (exact) mass is 590 g/mol. The molecule has 0 saturated carbocycles. The molecule has 7 N–H and O–H groups in total. The number of ether oxygens (including phenoxy) is 3. The minimum Gasteiger partial charge on any atom is -0.505 e. The third kappa shape index (κ3) is 13.0. The maximum atomic E-state index is 11.7. The zero-order valence-corrected chi connectivity index (χ0v) is 23.7. The molecule has 0 spiro atoms. The Hall–Kier alpha value is -3.03. The minimum atomic E-state index is -1.42. The third-order valence-electron chi connectivity index (χ3n) is 6.66. The van der Waals surface area contributed by atoms with Gasteiger partial charge in [0.05, 0.1) is 6.61 Å². The number of unbranched alkanes of at least 4 members (excludes halogenated alkanes) is 12. The van der Waals surface area contributed by atoms with Crippen LogP contribution in [0, 0.1) is 0 Å². The fourth-order valence-corrected chi connectivity index (χ4v) is 4.17. The van der Waals surface area contributed by atoms with E-state index in [4.69, 9.17) is 25.2 Å². The van der Waals surface area contributed by atoms with E-state index in [1.54, 1.807) is 0 Å². The molecule has 2 aliphatic rings. The van der Waals surface area contributed by atoms with Crippen molar-refractivity contribution in [2.75, 3.05) is 13.2 Å². The number of hydrogen-bond donors (Lipinski definition) is 7. The maximum Gasteiger partial charge on any atom is 0.377 e. The zero-order chi connectivity index (χ0) is 30.8. The quantitative estimate of drug-likeness (QED) is 0.0653. The second-order valence-electron chi connectivity index (χ2n) is 10.1. The Balaban J connectivity index is 0.000000580. The average molecular weight is 591 g/mol. The van der Waals surface area contributed by atoms with Gasteiger partial charge in [-0.3, -0.25) is 4.79 Å². The molecule has 0 radical (unpaired) electrons. The van der Waals surface area contributed by atoms with E-state index in [0.717, 1.165) is 19.3 Å². The molecule has 0 aromatic heterocycles. The number of aliphatic hydroxyl groups is 7. The topological polar surface area (TPSA) is 221 Å².